The average Bonchev–Trinajstić information content (AvgIpc) is 2.76. The maximum atomic E-state index is 6.19. The van der Waals surface area contributed by atoms with E-state index in [4.69, 9.17) is 9.47 Å². The van der Waals surface area contributed by atoms with Gasteiger partial charge >= 0.3 is 0 Å². The Labute approximate surface area is 136 Å². The molecule has 116 valence electrons. The van der Waals surface area contributed by atoms with Crippen molar-refractivity contribution in [3.05, 3.63) is 28.7 Å². The third-order valence-electron chi connectivity index (χ3n) is 6.18. The first-order valence-electron chi connectivity index (χ1n) is 7.93. The zero-order valence-corrected chi connectivity index (χ0v) is 14.8. The minimum Gasteiger partial charge on any atom is -0.491 e. The summed E-state index contributed by atoms with van der Waals surface area (Å²) in [4.78, 5) is 0. The number of hydrogen-bond acceptors (Lipinski definition) is 2. The van der Waals surface area contributed by atoms with E-state index >= 15 is 0 Å². The van der Waals surface area contributed by atoms with Gasteiger partial charge in [-0.1, -0.05) is 42.8 Å². The smallest absolute Gasteiger partial charge is 0.120 e. The van der Waals surface area contributed by atoms with Gasteiger partial charge in [0.2, 0.25) is 0 Å². The highest BCUT2D eigenvalue weighted by Crippen LogP contribution is 2.66. The van der Waals surface area contributed by atoms with E-state index in [0.717, 1.165) is 16.1 Å². The lowest BCUT2D eigenvalue weighted by atomic mass is 9.70. The third kappa shape index (κ3) is 2.63. The van der Waals surface area contributed by atoms with E-state index in [1.807, 2.05) is 24.3 Å². The van der Waals surface area contributed by atoms with Crippen molar-refractivity contribution in [3.63, 3.8) is 0 Å². The van der Waals surface area contributed by atoms with Crippen LogP contribution in [-0.4, -0.2) is 19.3 Å². The molecule has 3 heteroatoms. The van der Waals surface area contributed by atoms with Crippen LogP contribution in [0.3, 0.4) is 0 Å². The summed E-state index contributed by atoms with van der Waals surface area (Å²) < 4.78 is 13.0. The predicted molar refractivity (Wildman–Crippen MR) is 88.6 cm³/mol. The van der Waals surface area contributed by atoms with Crippen LogP contribution in [0.5, 0.6) is 5.75 Å². The van der Waals surface area contributed by atoms with Crippen molar-refractivity contribution >= 4 is 15.9 Å². The SMILES string of the molecule is CC1(C)C2CCC1(C)C(OCCOc1cccc(Br)c1)C2. The zero-order chi connectivity index (χ0) is 15.1. The van der Waals surface area contributed by atoms with Crippen LogP contribution in [0.4, 0.5) is 0 Å². The number of halogens is 1. The van der Waals surface area contributed by atoms with Gasteiger partial charge in [-0.2, -0.15) is 0 Å². The molecule has 0 aliphatic heterocycles. The molecule has 2 aliphatic carbocycles. The quantitative estimate of drug-likeness (QED) is 0.689. The van der Waals surface area contributed by atoms with Crippen molar-refractivity contribution in [2.45, 2.75) is 46.1 Å². The van der Waals surface area contributed by atoms with Crippen molar-refractivity contribution in [1.29, 1.82) is 0 Å². The molecule has 0 heterocycles. The van der Waals surface area contributed by atoms with Gasteiger partial charge in [0.05, 0.1) is 12.7 Å². The van der Waals surface area contributed by atoms with Crippen LogP contribution >= 0.6 is 15.9 Å². The van der Waals surface area contributed by atoms with Gasteiger partial charge in [0.1, 0.15) is 12.4 Å². The molecule has 2 nitrogen and oxygen atoms in total. The van der Waals surface area contributed by atoms with Gasteiger partial charge < -0.3 is 9.47 Å². The van der Waals surface area contributed by atoms with Gasteiger partial charge in [-0.25, -0.2) is 0 Å². The van der Waals surface area contributed by atoms with Crippen LogP contribution < -0.4 is 4.74 Å². The molecule has 2 saturated carbocycles. The van der Waals surface area contributed by atoms with Crippen molar-refractivity contribution in [1.82, 2.24) is 0 Å². The fraction of sp³-hybridized carbons (Fsp3) is 0.667. The Bertz CT molecular complexity index is 514. The molecule has 21 heavy (non-hydrogen) atoms. The molecule has 0 N–H and O–H groups in total. The third-order valence-corrected chi connectivity index (χ3v) is 6.67. The van der Waals surface area contributed by atoms with Crippen LogP contribution in [0.25, 0.3) is 0 Å². The monoisotopic (exact) mass is 352 g/mol. The average molecular weight is 353 g/mol. The largest absolute Gasteiger partial charge is 0.491 e. The van der Waals surface area contributed by atoms with Crippen LogP contribution in [0, 0.1) is 16.7 Å². The molecule has 2 fully saturated rings. The number of fused-ring (bicyclic) bond motifs is 2. The van der Waals surface area contributed by atoms with Gasteiger partial charge in [0.15, 0.2) is 0 Å². The van der Waals surface area contributed by atoms with E-state index in [9.17, 15) is 0 Å². The molecule has 2 aliphatic rings. The second-order valence-electron chi connectivity index (χ2n) is 7.28. The Morgan fingerprint density at radius 3 is 2.67 bits per heavy atom. The highest BCUT2D eigenvalue weighted by Gasteiger charge is 2.61. The van der Waals surface area contributed by atoms with E-state index in [1.54, 1.807) is 0 Å². The summed E-state index contributed by atoms with van der Waals surface area (Å²) in [6.45, 7) is 8.56. The van der Waals surface area contributed by atoms with E-state index in [1.165, 1.54) is 19.3 Å². The first kappa shape index (κ1) is 15.4. The van der Waals surface area contributed by atoms with Gasteiger partial charge in [0.25, 0.3) is 0 Å². The summed E-state index contributed by atoms with van der Waals surface area (Å²) in [5.74, 6) is 1.73. The molecule has 0 radical (unpaired) electrons. The standard InChI is InChI=1S/C18H25BrO2/c1-17(2)13-7-8-18(17,3)16(11-13)21-10-9-20-15-6-4-5-14(19)12-15/h4-6,12-13,16H,7-11H2,1-3H3. The summed E-state index contributed by atoms with van der Waals surface area (Å²) in [7, 11) is 0. The first-order chi connectivity index (χ1) is 9.93. The van der Waals surface area contributed by atoms with Gasteiger partial charge in [-0.05, 0) is 54.2 Å². The number of ether oxygens (including phenoxy) is 2. The molecule has 3 unspecified atom stereocenters. The highest BCUT2D eigenvalue weighted by molar-refractivity contribution is 9.10. The Kier molecular flexibility index (Phi) is 4.08. The van der Waals surface area contributed by atoms with Crippen molar-refractivity contribution in [2.75, 3.05) is 13.2 Å². The lowest BCUT2D eigenvalue weighted by Gasteiger charge is -2.38. The molecular weight excluding hydrogens is 328 g/mol. The Balaban J connectivity index is 1.49. The highest BCUT2D eigenvalue weighted by atomic mass is 79.9. The lowest BCUT2D eigenvalue weighted by molar-refractivity contribution is -0.0540. The second-order valence-corrected chi connectivity index (χ2v) is 8.19. The first-order valence-corrected chi connectivity index (χ1v) is 8.73. The molecule has 1 aromatic rings. The van der Waals surface area contributed by atoms with Gasteiger partial charge in [-0.15, -0.1) is 0 Å². The summed E-state index contributed by atoms with van der Waals surface area (Å²) >= 11 is 3.46. The Morgan fingerprint density at radius 2 is 2.05 bits per heavy atom. The Hall–Kier alpha value is -0.540. The molecule has 0 spiro atoms. The molecule has 1 aromatic carbocycles. The lowest BCUT2D eigenvalue weighted by Crippen LogP contribution is -2.37. The summed E-state index contributed by atoms with van der Waals surface area (Å²) in [6.07, 6.45) is 4.30. The van der Waals surface area contributed by atoms with E-state index in [-0.39, 0.29) is 0 Å². The summed E-state index contributed by atoms with van der Waals surface area (Å²) in [5.41, 5.74) is 0.760. The van der Waals surface area contributed by atoms with Crippen molar-refractivity contribution in [2.24, 2.45) is 16.7 Å². The zero-order valence-electron chi connectivity index (χ0n) is 13.2. The van der Waals surface area contributed by atoms with Crippen LogP contribution in [0.1, 0.15) is 40.0 Å². The number of hydrogen-bond donors (Lipinski definition) is 0. The summed E-state index contributed by atoms with van der Waals surface area (Å²) in [5, 5.41) is 0. The number of benzene rings is 1. The topological polar surface area (TPSA) is 18.5 Å². The van der Waals surface area contributed by atoms with Crippen LogP contribution in [0.15, 0.2) is 28.7 Å². The molecule has 0 aromatic heterocycles. The molecule has 2 bridgehead atoms. The molecule has 0 amide bonds. The Morgan fingerprint density at radius 1 is 1.24 bits per heavy atom. The van der Waals surface area contributed by atoms with E-state index < -0.39 is 0 Å². The fourth-order valence-electron chi connectivity index (χ4n) is 4.29. The molecule has 3 rings (SSSR count). The minimum absolute atomic E-state index is 0.341. The normalized spacial score (nSPS) is 33.3. The molecule has 3 atom stereocenters. The van der Waals surface area contributed by atoms with Gasteiger partial charge in [-0.3, -0.25) is 0 Å². The van der Waals surface area contributed by atoms with Crippen molar-refractivity contribution < 1.29 is 9.47 Å². The molecule has 0 saturated heterocycles. The maximum absolute atomic E-state index is 6.19. The van der Waals surface area contributed by atoms with E-state index in [0.29, 0.717) is 30.1 Å². The summed E-state index contributed by atoms with van der Waals surface area (Å²) in [6, 6.07) is 7.95. The van der Waals surface area contributed by atoms with Crippen molar-refractivity contribution in [3.8, 4) is 5.75 Å². The van der Waals surface area contributed by atoms with Crippen LogP contribution in [-0.2, 0) is 4.74 Å². The van der Waals surface area contributed by atoms with Crippen LogP contribution in [0.2, 0.25) is 0 Å². The molecular formula is C18H25BrO2. The number of rotatable bonds is 5. The van der Waals surface area contributed by atoms with E-state index in [2.05, 4.69) is 36.7 Å². The second kappa shape index (κ2) is 5.58. The van der Waals surface area contributed by atoms with Gasteiger partial charge in [0, 0.05) is 4.47 Å². The predicted octanol–water partition coefficient (Wildman–Crippen LogP) is 5.06. The fourth-order valence-corrected chi connectivity index (χ4v) is 4.67. The minimum atomic E-state index is 0.341. The maximum Gasteiger partial charge on any atom is 0.120 e.